The maximum absolute atomic E-state index is 12.7. The van der Waals surface area contributed by atoms with Crippen LogP contribution in [0.25, 0.3) is 0 Å². The Morgan fingerprint density at radius 1 is 0.871 bits per heavy atom. The van der Waals surface area contributed by atoms with E-state index >= 15 is 0 Å². The van der Waals surface area contributed by atoms with Gasteiger partial charge in [-0.3, -0.25) is 9.59 Å². The molecule has 2 aromatic carbocycles. The number of rotatable bonds is 5. The number of hydrogen-bond acceptors (Lipinski definition) is 4. The van der Waals surface area contributed by atoms with Gasteiger partial charge in [-0.05, 0) is 55.3 Å². The zero-order chi connectivity index (χ0) is 21.8. The Bertz CT molecular complexity index is 926. The molecule has 1 saturated heterocycles. The SMILES string of the molecule is O=C(O)C1CCCCC1C(=O)Nc1ccc(N2CCN(c3cccc(Cl)c3)CC2)cc1. The normalized spacial score (nSPS) is 21.6. The summed E-state index contributed by atoms with van der Waals surface area (Å²) < 4.78 is 0. The van der Waals surface area contributed by atoms with Crippen LogP contribution in [-0.2, 0) is 9.59 Å². The summed E-state index contributed by atoms with van der Waals surface area (Å²) in [6.45, 7) is 3.63. The number of carbonyl (C=O) groups excluding carboxylic acids is 1. The molecule has 164 valence electrons. The number of carboxylic acids is 1. The van der Waals surface area contributed by atoms with E-state index in [1.165, 1.54) is 0 Å². The van der Waals surface area contributed by atoms with Gasteiger partial charge in [0.05, 0.1) is 11.8 Å². The lowest BCUT2D eigenvalue weighted by atomic mass is 9.78. The van der Waals surface area contributed by atoms with Crippen LogP contribution in [0, 0.1) is 11.8 Å². The number of anilines is 3. The van der Waals surface area contributed by atoms with Crippen molar-refractivity contribution in [1.82, 2.24) is 0 Å². The molecule has 31 heavy (non-hydrogen) atoms. The smallest absolute Gasteiger partial charge is 0.307 e. The van der Waals surface area contributed by atoms with Crippen LogP contribution in [0.1, 0.15) is 25.7 Å². The molecule has 0 spiro atoms. The van der Waals surface area contributed by atoms with Crippen molar-refractivity contribution in [3.63, 3.8) is 0 Å². The van der Waals surface area contributed by atoms with Crippen molar-refractivity contribution >= 4 is 40.5 Å². The van der Waals surface area contributed by atoms with E-state index in [1.807, 2.05) is 42.5 Å². The van der Waals surface area contributed by atoms with E-state index < -0.39 is 17.8 Å². The van der Waals surface area contributed by atoms with Gasteiger partial charge in [0.25, 0.3) is 0 Å². The first-order valence-electron chi connectivity index (χ1n) is 10.9. The fourth-order valence-electron chi connectivity index (χ4n) is 4.63. The summed E-state index contributed by atoms with van der Waals surface area (Å²) in [4.78, 5) is 28.8. The Kier molecular flexibility index (Phi) is 6.66. The van der Waals surface area contributed by atoms with Crippen molar-refractivity contribution in [2.24, 2.45) is 11.8 Å². The number of piperazine rings is 1. The van der Waals surface area contributed by atoms with Crippen LogP contribution in [-0.4, -0.2) is 43.2 Å². The molecule has 1 aliphatic heterocycles. The molecule has 1 amide bonds. The number of carboxylic acid groups (broad SMARTS) is 1. The molecule has 2 atom stereocenters. The Morgan fingerprint density at radius 2 is 1.48 bits per heavy atom. The first-order valence-corrected chi connectivity index (χ1v) is 11.3. The van der Waals surface area contributed by atoms with E-state index in [2.05, 4.69) is 21.2 Å². The zero-order valence-electron chi connectivity index (χ0n) is 17.5. The van der Waals surface area contributed by atoms with Gasteiger partial charge in [-0.1, -0.05) is 30.5 Å². The van der Waals surface area contributed by atoms with E-state index in [0.29, 0.717) is 18.5 Å². The third-order valence-electron chi connectivity index (χ3n) is 6.37. The van der Waals surface area contributed by atoms with Gasteiger partial charge in [0.2, 0.25) is 5.91 Å². The molecule has 1 saturated carbocycles. The molecule has 0 bridgehead atoms. The molecule has 1 heterocycles. The monoisotopic (exact) mass is 441 g/mol. The molecular weight excluding hydrogens is 414 g/mol. The molecular formula is C24H28ClN3O3. The Hall–Kier alpha value is -2.73. The minimum absolute atomic E-state index is 0.185. The highest BCUT2D eigenvalue weighted by molar-refractivity contribution is 6.30. The highest BCUT2D eigenvalue weighted by Gasteiger charge is 2.35. The molecule has 2 unspecified atom stereocenters. The minimum atomic E-state index is -0.868. The summed E-state index contributed by atoms with van der Waals surface area (Å²) in [5, 5.41) is 13.1. The predicted molar refractivity (Wildman–Crippen MR) is 124 cm³/mol. The van der Waals surface area contributed by atoms with Crippen molar-refractivity contribution in [3.05, 3.63) is 53.6 Å². The van der Waals surface area contributed by atoms with E-state index in [0.717, 1.165) is 55.4 Å². The summed E-state index contributed by atoms with van der Waals surface area (Å²) >= 11 is 6.12. The van der Waals surface area contributed by atoms with E-state index in [1.54, 1.807) is 0 Å². The van der Waals surface area contributed by atoms with Crippen LogP contribution in [0.4, 0.5) is 17.1 Å². The standard InChI is InChI=1S/C24H28ClN3O3/c25-17-4-3-5-20(16-17)28-14-12-27(13-15-28)19-10-8-18(9-11-19)26-23(29)21-6-1-2-7-22(21)24(30)31/h3-5,8-11,16,21-22H,1-2,6-7,12-15H2,(H,26,29)(H,30,31). The average Bonchev–Trinajstić information content (AvgIpc) is 2.79. The molecule has 2 N–H and O–H groups in total. The Labute approximate surface area is 187 Å². The molecule has 2 fully saturated rings. The van der Waals surface area contributed by atoms with Gasteiger partial charge in [0.15, 0.2) is 0 Å². The van der Waals surface area contributed by atoms with Crippen LogP contribution >= 0.6 is 11.6 Å². The molecule has 2 aromatic rings. The highest BCUT2D eigenvalue weighted by atomic mass is 35.5. The summed E-state index contributed by atoms with van der Waals surface area (Å²) in [7, 11) is 0. The number of aliphatic carboxylic acids is 1. The third-order valence-corrected chi connectivity index (χ3v) is 6.61. The first kappa shape index (κ1) is 21.5. The minimum Gasteiger partial charge on any atom is -0.481 e. The largest absolute Gasteiger partial charge is 0.481 e. The van der Waals surface area contributed by atoms with Crippen molar-refractivity contribution in [1.29, 1.82) is 0 Å². The molecule has 0 aromatic heterocycles. The Balaban J connectivity index is 1.33. The second kappa shape index (κ2) is 9.60. The van der Waals surface area contributed by atoms with Crippen molar-refractivity contribution in [2.45, 2.75) is 25.7 Å². The molecule has 0 radical (unpaired) electrons. The number of amides is 1. The predicted octanol–water partition coefficient (Wildman–Crippen LogP) is 4.50. The fourth-order valence-corrected chi connectivity index (χ4v) is 4.81. The Morgan fingerprint density at radius 3 is 2.10 bits per heavy atom. The van der Waals surface area contributed by atoms with Crippen molar-refractivity contribution in [2.75, 3.05) is 41.3 Å². The molecule has 6 nitrogen and oxygen atoms in total. The summed E-state index contributed by atoms with van der Waals surface area (Å²) in [5.41, 5.74) is 2.97. The van der Waals surface area contributed by atoms with Gasteiger partial charge < -0.3 is 20.2 Å². The first-order chi connectivity index (χ1) is 15.0. The van der Waals surface area contributed by atoms with E-state index in [-0.39, 0.29) is 5.91 Å². The lowest BCUT2D eigenvalue weighted by molar-refractivity contribution is -0.147. The number of halogens is 1. The highest BCUT2D eigenvalue weighted by Crippen LogP contribution is 2.31. The van der Waals surface area contributed by atoms with Crippen molar-refractivity contribution < 1.29 is 14.7 Å². The summed E-state index contributed by atoms with van der Waals surface area (Å²) in [5.74, 6) is -2.09. The second-order valence-electron chi connectivity index (χ2n) is 8.33. The topological polar surface area (TPSA) is 72.9 Å². The molecule has 1 aliphatic carbocycles. The number of hydrogen-bond donors (Lipinski definition) is 2. The van der Waals surface area contributed by atoms with Crippen LogP contribution in [0.5, 0.6) is 0 Å². The van der Waals surface area contributed by atoms with Gasteiger partial charge >= 0.3 is 5.97 Å². The number of nitrogens with one attached hydrogen (secondary N) is 1. The van der Waals surface area contributed by atoms with E-state index in [4.69, 9.17) is 11.6 Å². The van der Waals surface area contributed by atoms with Gasteiger partial charge in [-0.15, -0.1) is 0 Å². The van der Waals surface area contributed by atoms with Crippen LogP contribution < -0.4 is 15.1 Å². The maximum Gasteiger partial charge on any atom is 0.307 e. The number of carbonyl (C=O) groups is 2. The van der Waals surface area contributed by atoms with Crippen molar-refractivity contribution in [3.8, 4) is 0 Å². The van der Waals surface area contributed by atoms with Gasteiger partial charge in [-0.25, -0.2) is 0 Å². The lowest BCUT2D eigenvalue weighted by Crippen LogP contribution is -2.46. The lowest BCUT2D eigenvalue weighted by Gasteiger charge is -2.37. The third kappa shape index (κ3) is 5.13. The molecule has 7 heteroatoms. The molecule has 2 aliphatic rings. The quantitative estimate of drug-likeness (QED) is 0.714. The van der Waals surface area contributed by atoms with E-state index in [9.17, 15) is 14.7 Å². The zero-order valence-corrected chi connectivity index (χ0v) is 18.2. The van der Waals surface area contributed by atoms with Crippen LogP contribution in [0.15, 0.2) is 48.5 Å². The number of nitrogens with zero attached hydrogens (tertiary/aromatic N) is 2. The van der Waals surface area contributed by atoms with Gasteiger partial charge in [0, 0.05) is 48.3 Å². The average molecular weight is 442 g/mol. The van der Waals surface area contributed by atoms with Crippen LogP contribution in [0.3, 0.4) is 0 Å². The number of benzene rings is 2. The van der Waals surface area contributed by atoms with Gasteiger partial charge in [-0.2, -0.15) is 0 Å². The summed E-state index contributed by atoms with van der Waals surface area (Å²) in [6.07, 6.45) is 2.99. The second-order valence-corrected chi connectivity index (χ2v) is 8.76. The summed E-state index contributed by atoms with van der Waals surface area (Å²) in [6, 6.07) is 15.8. The molecule has 4 rings (SSSR count). The fraction of sp³-hybridized carbons (Fsp3) is 0.417. The maximum atomic E-state index is 12.7. The van der Waals surface area contributed by atoms with Gasteiger partial charge in [0.1, 0.15) is 0 Å². The van der Waals surface area contributed by atoms with Crippen LogP contribution in [0.2, 0.25) is 5.02 Å².